The topological polar surface area (TPSA) is 89.8 Å². The average Bonchev–Trinajstić information content (AvgIpc) is 3.03. The molecule has 0 saturated carbocycles. The third-order valence-corrected chi connectivity index (χ3v) is 5.21. The molecule has 0 spiro atoms. The first kappa shape index (κ1) is 18.4. The van der Waals surface area contributed by atoms with Crippen LogP contribution in [0.15, 0.2) is 53.9 Å². The number of rotatable bonds is 7. The standard InChI is InChI=1S/C17H19N5O2S2/c1-3-22-16(14-6-8-15(9-7-14)21-26(2,23)24)19-20-17(22)25-12-13-5-4-10-18-11-13/h4-11,21H,3,12H2,1-2H3. The number of thioether (sulfide) groups is 1. The summed E-state index contributed by atoms with van der Waals surface area (Å²) in [6.07, 6.45) is 4.72. The second-order valence-corrected chi connectivity index (χ2v) is 8.34. The van der Waals surface area contributed by atoms with Gasteiger partial charge in [-0.3, -0.25) is 9.71 Å². The van der Waals surface area contributed by atoms with Gasteiger partial charge in [0.15, 0.2) is 11.0 Å². The summed E-state index contributed by atoms with van der Waals surface area (Å²) in [5, 5.41) is 9.45. The second kappa shape index (κ2) is 7.88. The molecule has 1 N–H and O–H groups in total. The van der Waals surface area contributed by atoms with Gasteiger partial charge in [-0.15, -0.1) is 10.2 Å². The molecular formula is C17H19N5O2S2. The summed E-state index contributed by atoms with van der Waals surface area (Å²) in [7, 11) is -3.29. The number of sulfonamides is 1. The molecule has 0 aliphatic rings. The molecule has 0 aliphatic heterocycles. The van der Waals surface area contributed by atoms with Crippen LogP contribution in [0, 0.1) is 0 Å². The Balaban J connectivity index is 1.79. The molecule has 0 aliphatic carbocycles. The predicted molar refractivity (Wildman–Crippen MR) is 103 cm³/mol. The zero-order valence-corrected chi connectivity index (χ0v) is 16.1. The minimum Gasteiger partial charge on any atom is -0.302 e. The highest BCUT2D eigenvalue weighted by Gasteiger charge is 2.13. The van der Waals surface area contributed by atoms with Crippen molar-refractivity contribution >= 4 is 27.5 Å². The maximum Gasteiger partial charge on any atom is 0.229 e. The molecule has 7 nitrogen and oxygen atoms in total. The van der Waals surface area contributed by atoms with Gasteiger partial charge in [0.1, 0.15) is 0 Å². The summed E-state index contributed by atoms with van der Waals surface area (Å²) in [4.78, 5) is 4.12. The number of hydrogen-bond donors (Lipinski definition) is 1. The molecule has 26 heavy (non-hydrogen) atoms. The van der Waals surface area contributed by atoms with Crippen molar-refractivity contribution in [1.29, 1.82) is 0 Å². The Kier molecular flexibility index (Phi) is 5.58. The van der Waals surface area contributed by atoms with E-state index in [9.17, 15) is 8.42 Å². The minimum absolute atomic E-state index is 0.519. The van der Waals surface area contributed by atoms with E-state index in [1.54, 1.807) is 30.1 Å². The number of benzene rings is 1. The summed E-state index contributed by atoms with van der Waals surface area (Å²) >= 11 is 1.61. The summed E-state index contributed by atoms with van der Waals surface area (Å²) in [5.41, 5.74) is 2.53. The Hall–Kier alpha value is -2.39. The Labute approximate surface area is 156 Å². The summed E-state index contributed by atoms with van der Waals surface area (Å²) < 4.78 is 27.1. The van der Waals surface area contributed by atoms with Crippen LogP contribution in [0.1, 0.15) is 12.5 Å². The number of pyridine rings is 1. The van der Waals surface area contributed by atoms with Crippen LogP contribution in [0.5, 0.6) is 0 Å². The van der Waals surface area contributed by atoms with Gasteiger partial charge in [-0.1, -0.05) is 17.8 Å². The smallest absolute Gasteiger partial charge is 0.229 e. The fourth-order valence-corrected chi connectivity index (χ4v) is 3.93. The average molecular weight is 390 g/mol. The zero-order chi connectivity index (χ0) is 18.6. The highest BCUT2D eigenvalue weighted by Crippen LogP contribution is 2.27. The lowest BCUT2D eigenvalue weighted by Gasteiger charge is -2.08. The molecule has 3 rings (SSSR count). The number of aromatic nitrogens is 4. The fourth-order valence-electron chi connectivity index (χ4n) is 2.43. The van der Waals surface area contributed by atoms with Gasteiger partial charge < -0.3 is 4.57 Å². The monoisotopic (exact) mass is 389 g/mol. The van der Waals surface area contributed by atoms with Gasteiger partial charge in [-0.25, -0.2) is 8.42 Å². The largest absolute Gasteiger partial charge is 0.302 e. The predicted octanol–water partition coefficient (Wildman–Crippen LogP) is 3.02. The molecule has 0 bridgehead atoms. The van der Waals surface area contributed by atoms with Gasteiger partial charge in [-0.2, -0.15) is 0 Å². The molecule has 0 unspecified atom stereocenters. The van der Waals surface area contributed by atoms with Crippen LogP contribution in [0.4, 0.5) is 5.69 Å². The molecule has 2 heterocycles. The van der Waals surface area contributed by atoms with Crippen LogP contribution in [0.25, 0.3) is 11.4 Å². The van der Waals surface area contributed by atoms with Crippen molar-refractivity contribution in [3.05, 3.63) is 54.4 Å². The lowest BCUT2D eigenvalue weighted by Crippen LogP contribution is -2.09. The molecule has 1 aromatic carbocycles. The fraction of sp³-hybridized carbons (Fsp3) is 0.235. The third kappa shape index (κ3) is 4.61. The van der Waals surface area contributed by atoms with E-state index in [1.165, 1.54) is 0 Å². The van der Waals surface area contributed by atoms with Crippen molar-refractivity contribution in [2.75, 3.05) is 11.0 Å². The molecule has 0 amide bonds. The SMILES string of the molecule is CCn1c(SCc2cccnc2)nnc1-c1ccc(NS(C)(=O)=O)cc1. The van der Waals surface area contributed by atoms with E-state index < -0.39 is 10.0 Å². The van der Waals surface area contributed by atoms with Gasteiger partial charge in [0.25, 0.3) is 0 Å². The maximum absolute atomic E-state index is 11.3. The molecule has 0 saturated heterocycles. The normalized spacial score (nSPS) is 11.5. The lowest BCUT2D eigenvalue weighted by molar-refractivity contribution is 0.607. The van der Waals surface area contributed by atoms with Crippen molar-refractivity contribution in [2.45, 2.75) is 24.4 Å². The molecule has 136 valence electrons. The number of nitrogens with zero attached hydrogens (tertiary/aromatic N) is 4. The highest BCUT2D eigenvalue weighted by molar-refractivity contribution is 7.98. The number of nitrogens with one attached hydrogen (secondary N) is 1. The first-order chi connectivity index (χ1) is 12.5. The van der Waals surface area contributed by atoms with Crippen molar-refractivity contribution in [3.63, 3.8) is 0 Å². The Bertz CT molecular complexity index is 970. The molecule has 3 aromatic rings. The molecule has 0 atom stereocenters. The van der Waals surface area contributed by atoms with E-state index in [4.69, 9.17) is 0 Å². The third-order valence-electron chi connectivity index (χ3n) is 3.57. The van der Waals surface area contributed by atoms with Crippen LogP contribution in [-0.2, 0) is 22.3 Å². The number of hydrogen-bond acceptors (Lipinski definition) is 6. The molecule has 9 heteroatoms. The van der Waals surface area contributed by atoms with E-state index in [2.05, 4.69) is 19.9 Å². The molecular weight excluding hydrogens is 370 g/mol. The van der Waals surface area contributed by atoms with Gasteiger partial charge >= 0.3 is 0 Å². The first-order valence-electron chi connectivity index (χ1n) is 7.99. The van der Waals surface area contributed by atoms with E-state index in [1.807, 2.05) is 42.0 Å². The van der Waals surface area contributed by atoms with E-state index in [-0.39, 0.29) is 0 Å². The van der Waals surface area contributed by atoms with Crippen molar-refractivity contribution in [2.24, 2.45) is 0 Å². The van der Waals surface area contributed by atoms with Gasteiger partial charge in [0.2, 0.25) is 10.0 Å². The summed E-state index contributed by atoms with van der Waals surface area (Å²) in [6.45, 7) is 2.78. The molecule has 0 radical (unpaired) electrons. The minimum atomic E-state index is -3.29. The van der Waals surface area contributed by atoms with Crippen LogP contribution in [0.3, 0.4) is 0 Å². The zero-order valence-electron chi connectivity index (χ0n) is 14.5. The van der Waals surface area contributed by atoms with Crippen molar-refractivity contribution in [1.82, 2.24) is 19.7 Å². The van der Waals surface area contributed by atoms with Gasteiger partial charge in [0.05, 0.1) is 6.26 Å². The second-order valence-electron chi connectivity index (χ2n) is 5.65. The summed E-state index contributed by atoms with van der Waals surface area (Å²) in [5.74, 6) is 1.52. The summed E-state index contributed by atoms with van der Waals surface area (Å²) in [6, 6.07) is 11.0. The van der Waals surface area contributed by atoms with Crippen LogP contribution in [-0.4, -0.2) is 34.4 Å². The first-order valence-corrected chi connectivity index (χ1v) is 10.9. The van der Waals surface area contributed by atoms with Gasteiger partial charge in [-0.05, 0) is 42.8 Å². The highest BCUT2D eigenvalue weighted by atomic mass is 32.2. The van der Waals surface area contributed by atoms with Gasteiger partial charge in [0, 0.05) is 35.9 Å². The van der Waals surface area contributed by atoms with E-state index in [0.29, 0.717) is 5.69 Å². The quantitative estimate of drug-likeness (QED) is 0.625. The Morgan fingerprint density at radius 3 is 2.54 bits per heavy atom. The lowest BCUT2D eigenvalue weighted by atomic mass is 10.2. The van der Waals surface area contributed by atoms with Crippen molar-refractivity contribution in [3.8, 4) is 11.4 Å². The molecule has 0 fully saturated rings. The number of anilines is 1. The maximum atomic E-state index is 11.3. The van der Waals surface area contributed by atoms with E-state index >= 15 is 0 Å². The van der Waals surface area contributed by atoms with Crippen LogP contribution < -0.4 is 4.72 Å². The van der Waals surface area contributed by atoms with Crippen LogP contribution >= 0.6 is 11.8 Å². The Morgan fingerprint density at radius 1 is 1.15 bits per heavy atom. The van der Waals surface area contributed by atoms with Crippen molar-refractivity contribution < 1.29 is 8.42 Å². The molecule has 2 aromatic heterocycles. The Morgan fingerprint density at radius 2 is 1.92 bits per heavy atom. The van der Waals surface area contributed by atoms with Crippen LogP contribution in [0.2, 0.25) is 0 Å². The van der Waals surface area contributed by atoms with E-state index in [0.717, 1.165) is 40.7 Å².